The van der Waals surface area contributed by atoms with Crippen molar-refractivity contribution in [1.29, 1.82) is 0 Å². The summed E-state index contributed by atoms with van der Waals surface area (Å²) in [6.45, 7) is 7.07. The topological polar surface area (TPSA) is 46.3 Å². The second-order valence-corrected chi connectivity index (χ2v) is 2.40. The summed E-state index contributed by atoms with van der Waals surface area (Å²) in [5.74, 6) is 0.582. The van der Waals surface area contributed by atoms with Gasteiger partial charge in [-0.25, -0.2) is 0 Å². The summed E-state index contributed by atoms with van der Waals surface area (Å²) in [5.41, 5.74) is 1.30. The van der Waals surface area contributed by atoms with Gasteiger partial charge >= 0.3 is 0 Å². The van der Waals surface area contributed by atoms with E-state index in [2.05, 4.69) is 18.3 Å². The predicted molar refractivity (Wildman–Crippen MR) is 50.8 cm³/mol. The van der Waals surface area contributed by atoms with Gasteiger partial charge in [0.25, 0.3) is 0 Å². The van der Waals surface area contributed by atoms with Gasteiger partial charge in [0.15, 0.2) is 5.76 Å². The highest BCUT2D eigenvalue weighted by molar-refractivity contribution is 5.71. The first-order chi connectivity index (χ1) is 6.31. The van der Waals surface area contributed by atoms with E-state index in [1.165, 1.54) is 0 Å². The first kappa shape index (κ1) is 9.48. The van der Waals surface area contributed by atoms with Crippen LogP contribution in [0.4, 0.5) is 0 Å². The molecule has 13 heavy (non-hydrogen) atoms. The SMILES string of the molecule is C=C/C=C(\C=C)c1cc(CO)no1. The average molecular weight is 177 g/mol. The summed E-state index contributed by atoms with van der Waals surface area (Å²) in [6.07, 6.45) is 5.04. The molecule has 68 valence electrons. The first-order valence-corrected chi connectivity index (χ1v) is 3.83. The predicted octanol–water partition coefficient (Wildman–Crippen LogP) is 1.92. The van der Waals surface area contributed by atoms with Gasteiger partial charge in [0.2, 0.25) is 0 Å². The van der Waals surface area contributed by atoms with Crippen LogP contribution in [0.25, 0.3) is 5.57 Å². The lowest BCUT2D eigenvalue weighted by molar-refractivity contribution is 0.266. The molecular weight excluding hydrogens is 166 g/mol. The van der Waals surface area contributed by atoms with E-state index < -0.39 is 0 Å². The Kier molecular flexibility index (Phi) is 3.23. The minimum absolute atomic E-state index is 0.123. The Bertz CT molecular complexity index is 336. The molecule has 0 aliphatic rings. The van der Waals surface area contributed by atoms with Crippen LogP contribution in [0.1, 0.15) is 11.5 Å². The standard InChI is InChI=1S/C10H11NO2/c1-3-5-8(4-2)10-6-9(7-12)11-13-10/h3-6,12H,1-2,7H2/b8-5+. The fourth-order valence-corrected chi connectivity index (χ4v) is 0.900. The van der Waals surface area contributed by atoms with Gasteiger partial charge in [-0.1, -0.05) is 36.5 Å². The van der Waals surface area contributed by atoms with E-state index in [9.17, 15) is 0 Å². The van der Waals surface area contributed by atoms with E-state index in [0.29, 0.717) is 11.5 Å². The summed E-state index contributed by atoms with van der Waals surface area (Å²) >= 11 is 0. The molecule has 1 aromatic heterocycles. The lowest BCUT2D eigenvalue weighted by Crippen LogP contribution is -1.78. The number of hydrogen-bond acceptors (Lipinski definition) is 3. The molecule has 1 heterocycles. The number of aliphatic hydroxyl groups is 1. The van der Waals surface area contributed by atoms with Gasteiger partial charge in [-0.2, -0.15) is 0 Å². The Labute approximate surface area is 76.7 Å². The zero-order chi connectivity index (χ0) is 9.68. The van der Waals surface area contributed by atoms with E-state index in [-0.39, 0.29) is 6.61 Å². The number of nitrogens with zero attached hydrogens (tertiary/aromatic N) is 1. The summed E-state index contributed by atoms with van der Waals surface area (Å²) in [4.78, 5) is 0. The highest BCUT2D eigenvalue weighted by atomic mass is 16.5. The molecule has 0 radical (unpaired) electrons. The van der Waals surface area contributed by atoms with Crippen molar-refractivity contribution < 1.29 is 9.63 Å². The van der Waals surface area contributed by atoms with Crippen LogP contribution in [-0.2, 0) is 6.61 Å². The third-order valence-corrected chi connectivity index (χ3v) is 1.52. The zero-order valence-electron chi connectivity index (χ0n) is 7.23. The molecule has 0 spiro atoms. The van der Waals surface area contributed by atoms with Crippen molar-refractivity contribution in [3.63, 3.8) is 0 Å². The van der Waals surface area contributed by atoms with Gasteiger partial charge in [0.1, 0.15) is 5.69 Å². The van der Waals surface area contributed by atoms with E-state index in [0.717, 1.165) is 5.57 Å². The highest BCUT2D eigenvalue weighted by Gasteiger charge is 2.04. The maximum atomic E-state index is 8.75. The largest absolute Gasteiger partial charge is 0.390 e. The molecule has 1 N–H and O–H groups in total. The normalized spacial score (nSPS) is 11.3. The van der Waals surface area contributed by atoms with Gasteiger partial charge < -0.3 is 9.63 Å². The Balaban J connectivity index is 2.98. The molecule has 0 aliphatic carbocycles. The first-order valence-electron chi connectivity index (χ1n) is 3.83. The van der Waals surface area contributed by atoms with Crippen LogP contribution >= 0.6 is 0 Å². The molecule has 0 unspecified atom stereocenters. The summed E-state index contributed by atoms with van der Waals surface area (Å²) in [5, 5.41) is 12.4. The number of hydrogen-bond donors (Lipinski definition) is 1. The molecule has 3 heteroatoms. The third kappa shape index (κ3) is 2.16. The molecule has 0 aromatic carbocycles. The Morgan fingerprint density at radius 1 is 1.62 bits per heavy atom. The molecule has 3 nitrogen and oxygen atoms in total. The average Bonchev–Trinajstić information content (AvgIpc) is 2.62. The molecular formula is C10H11NO2. The molecule has 0 amide bonds. The van der Waals surface area contributed by atoms with Crippen LogP contribution in [0.5, 0.6) is 0 Å². The maximum Gasteiger partial charge on any atom is 0.167 e. The molecule has 1 rings (SSSR count). The molecule has 0 fully saturated rings. The summed E-state index contributed by atoms with van der Waals surface area (Å²) in [7, 11) is 0. The van der Waals surface area contributed by atoms with Crippen molar-refractivity contribution in [3.05, 3.63) is 48.9 Å². The Hall–Kier alpha value is -1.61. The van der Waals surface area contributed by atoms with Crippen LogP contribution in [0, 0.1) is 0 Å². The Morgan fingerprint density at radius 3 is 2.85 bits per heavy atom. The molecule has 0 atom stereocenters. The minimum atomic E-state index is -0.123. The van der Waals surface area contributed by atoms with Crippen molar-refractivity contribution in [2.75, 3.05) is 0 Å². The van der Waals surface area contributed by atoms with Gasteiger partial charge in [0.05, 0.1) is 6.61 Å². The Morgan fingerprint density at radius 2 is 2.38 bits per heavy atom. The van der Waals surface area contributed by atoms with Crippen molar-refractivity contribution in [2.45, 2.75) is 6.61 Å². The quantitative estimate of drug-likeness (QED) is 0.715. The highest BCUT2D eigenvalue weighted by Crippen LogP contribution is 2.16. The number of aliphatic hydroxyl groups excluding tert-OH is 1. The van der Waals surface area contributed by atoms with Crippen molar-refractivity contribution in [3.8, 4) is 0 Å². The monoisotopic (exact) mass is 177 g/mol. The van der Waals surface area contributed by atoms with Crippen LogP contribution in [0.15, 0.2) is 42.0 Å². The van der Waals surface area contributed by atoms with Crippen molar-refractivity contribution >= 4 is 5.57 Å². The van der Waals surface area contributed by atoms with E-state index in [1.54, 1.807) is 24.3 Å². The molecule has 0 saturated carbocycles. The number of aromatic nitrogens is 1. The lowest BCUT2D eigenvalue weighted by Gasteiger charge is -1.90. The second kappa shape index (κ2) is 4.42. The van der Waals surface area contributed by atoms with Gasteiger partial charge in [-0.3, -0.25) is 0 Å². The van der Waals surface area contributed by atoms with E-state index in [1.807, 2.05) is 0 Å². The summed E-state index contributed by atoms with van der Waals surface area (Å²) in [6, 6.07) is 1.66. The molecule has 0 bridgehead atoms. The van der Waals surface area contributed by atoms with Crippen molar-refractivity contribution in [1.82, 2.24) is 5.16 Å². The van der Waals surface area contributed by atoms with E-state index >= 15 is 0 Å². The van der Waals surface area contributed by atoms with Gasteiger partial charge in [-0.05, 0) is 0 Å². The fourth-order valence-electron chi connectivity index (χ4n) is 0.900. The van der Waals surface area contributed by atoms with Gasteiger partial charge in [0, 0.05) is 11.6 Å². The maximum absolute atomic E-state index is 8.75. The minimum Gasteiger partial charge on any atom is -0.390 e. The molecule has 0 aliphatic heterocycles. The number of rotatable bonds is 4. The molecule has 1 aromatic rings. The fraction of sp³-hybridized carbons (Fsp3) is 0.100. The van der Waals surface area contributed by atoms with Crippen molar-refractivity contribution in [2.24, 2.45) is 0 Å². The second-order valence-electron chi connectivity index (χ2n) is 2.40. The van der Waals surface area contributed by atoms with Crippen LogP contribution in [0.3, 0.4) is 0 Å². The van der Waals surface area contributed by atoms with Crippen LogP contribution < -0.4 is 0 Å². The lowest BCUT2D eigenvalue weighted by atomic mass is 10.2. The summed E-state index contributed by atoms with van der Waals surface area (Å²) < 4.78 is 4.96. The number of allylic oxidation sites excluding steroid dienone is 4. The van der Waals surface area contributed by atoms with Gasteiger partial charge in [-0.15, -0.1) is 0 Å². The van der Waals surface area contributed by atoms with Crippen LogP contribution in [0.2, 0.25) is 0 Å². The van der Waals surface area contributed by atoms with Crippen LogP contribution in [-0.4, -0.2) is 10.3 Å². The molecule has 0 saturated heterocycles. The van der Waals surface area contributed by atoms with E-state index in [4.69, 9.17) is 9.63 Å². The zero-order valence-corrected chi connectivity index (χ0v) is 7.23. The third-order valence-electron chi connectivity index (χ3n) is 1.52. The smallest absolute Gasteiger partial charge is 0.167 e.